The van der Waals surface area contributed by atoms with Gasteiger partial charge in [-0.25, -0.2) is 9.97 Å². The van der Waals surface area contributed by atoms with Crippen LogP contribution in [0.15, 0.2) is 35.8 Å². The second-order valence-corrected chi connectivity index (χ2v) is 10.3. The van der Waals surface area contributed by atoms with Gasteiger partial charge in [0.05, 0.1) is 28.0 Å². The summed E-state index contributed by atoms with van der Waals surface area (Å²) in [6.07, 6.45) is -1.99. The topological polar surface area (TPSA) is 79.6 Å². The van der Waals surface area contributed by atoms with Gasteiger partial charge in [-0.2, -0.15) is 13.2 Å². The van der Waals surface area contributed by atoms with Gasteiger partial charge >= 0.3 is 6.18 Å². The lowest BCUT2D eigenvalue weighted by molar-refractivity contribution is -0.137. The molecule has 0 spiro atoms. The molecule has 0 saturated carbocycles. The van der Waals surface area contributed by atoms with E-state index < -0.39 is 11.7 Å². The Morgan fingerprint density at radius 1 is 1.23 bits per heavy atom. The number of carbonyl (C=O) groups is 2. The van der Waals surface area contributed by atoms with Gasteiger partial charge < -0.3 is 10.2 Å². The number of hydrogen-bond acceptors (Lipinski definition) is 6. The molecule has 1 aromatic carbocycles. The van der Waals surface area contributed by atoms with Gasteiger partial charge in [0.15, 0.2) is 4.96 Å². The van der Waals surface area contributed by atoms with Gasteiger partial charge in [-0.1, -0.05) is 12.1 Å². The smallest absolute Gasteiger partial charge is 0.349 e. The highest BCUT2D eigenvalue weighted by Crippen LogP contribution is 2.35. The number of nitrogens with one attached hydrogen (secondary N) is 1. The summed E-state index contributed by atoms with van der Waals surface area (Å²) in [5, 5.41) is 5.33. The van der Waals surface area contributed by atoms with Crippen LogP contribution >= 0.6 is 22.7 Å². The van der Waals surface area contributed by atoms with Crippen molar-refractivity contribution in [3.05, 3.63) is 62.7 Å². The summed E-state index contributed by atoms with van der Waals surface area (Å²) in [5.74, 6) is -0.569. The van der Waals surface area contributed by atoms with E-state index in [1.54, 1.807) is 29.3 Å². The number of likely N-dealkylation sites (tertiary alicyclic amines) is 1. The molecule has 35 heavy (non-hydrogen) atoms. The number of amides is 2. The maximum absolute atomic E-state index is 13.3. The monoisotopic (exact) mass is 519 g/mol. The maximum atomic E-state index is 13.3. The van der Waals surface area contributed by atoms with Crippen molar-refractivity contribution in [3.63, 3.8) is 0 Å². The molecular weight excluding hydrogens is 499 g/mol. The SMILES string of the molecule is Cc1nc(-c2cccc(C(F)(F)F)c2)c(C(=O)N2CCC2CNC(=O)c2c(C)nc3sccn23)s1. The van der Waals surface area contributed by atoms with Crippen LogP contribution in [-0.2, 0) is 6.18 Å². The van der Waals surface area contributed by atoms with E-state index in [2.05, 4.69) is 15.3 Å². The molecule has 1 atom stereocenters. The molecule has 2 amide bonds. The lowest BCUT2D eigenvalue weighted by Crippen LogP contribution is -2.55. The summed E-state index contributed by atoms with van der Waals surface area (Å²) in [6, 6.07) is 4.62. The van der Waals surface area contributed by atoms with Crippen molar-refractivity contribution in [1.29, 1.82) is 0 Å². The first-order valence-corrected chi connectivity index (χ1v) is 12.5. The molecule has 4 aromatic rings. The summed E-state index contributed by atoms with van der Waals surface area (Å²) in [7, 11) is 0. The van der Waals surface area contributed by atoms with E-state index in [1.807, 2.05) is 5.38 Å². The second-order valence-electron chi connectivity index (χ2n) is 8.24. The molecule has 0 aliphatic carbocycles. The standard InChI is InChI=1S/C23H20F3N5O2S2/c1-12-18(31-8-9-34-22(31)28-12)20(32)27-11-16-6-7-30(16)21(33)19-17(29-13(2)35-19)14-4-3-5-15(10-14)23(24,25)26/h3-5,8-10,16H,6-7,11H2,1-2H3,(H,27,32). The number of benzene rings is 1. The van der Waals surface area contributed by atoms with Gasteiger partial charge in [-0.15, -0.1) is 22.7 Å². The van der Waals surface area contributed by atoms with Gasteiger partial charge in [0.1, 0.15) is 10.6 Å². The highest BCUT2D eigenvalue weighted by molar-refractivity contribution is 7.15. The van der Waals surface area contributed by atoms with Gasteiger partial charge in [0.2, 0.25) is 0 Å². The van der Waals surface area contributed by atoms with E-state index in [9.17, 15) is 22.8 Å². The van der Waals surface area contributed by atoms with Crippen LogP contribution in [0.1, 0.15) is 42.8 Å². The fourth-order valence-electron chi connectivity index (χ4n) is 4.12. The van der Waals surface area contributed by atoms with E-state index >= 15 is 0 Å². The first kappa shape index (κ1) is 23.5. The molecule has 0 bridgehead atoms. The zero-order chi connectivity index (χ0) is 24.9. The highest BCUT2D eigenvalue weighted by atomic mass is 32.1. The number of rotatable bonds is 5. The van der Waals surface area contributed by atoms with Crippen LogP contribution in [0.5, 0.6) is 0 Å². The number of aromatic nitrogens is 3. The van der Waals surface area contributed by atoms with E-state index in [0.29, 0.717) is 34.2 Å². The van der Waals surface area contributed by atoms with E-state index in [0.717, 1.165) is 28.4 Å². The zero-order valence-corrected chi connectivity index (χ0v) is 20.4. The Hall–Kier alpha value is -3.25. The normalized spacial score (nSPS) is 15.9. The minimum atomic E-state index is -4.49. The molecule has 5 rings (SSSR count). The Morgan fingerprint density at radius 3 is 2.74 bits per heavy atom. The van der Waals surface area contributed by atoms with Gasteiger partial charge in [-0.05, 0) is 32.4 Å². The zero-order valence-electron chi connectivity index (χ0n) is 18.7. The predicted octanol–water partition coefficient (Wildman–Crippen LogP) is 4.80. The number of fused-ring (bicyclic) bond motifs is 1. The van der Waals surface area contributed by atoms with Crippen molar-refractivity contribution in [3.8, 4) is 11.3 Å². The first-order chi connectivity index (χ1) is 16.6. The molecule has 182 valence electrons. The quantitative estimate of drug-likeness (QED) is 0.411. The van der Waals surface area contributed by atoms with E-state index in [4.69, 9.17) is 0 Å². The predicted molar refractivity (Wildman–Crippen MR) is 127 cm³/mol. The highest BCUT2D eigenvalue weighted by Gasteiger charge is 2.36. The molecule has 1 N–H and O–H groups in total. The molecule has 1 saturated heterocycles. The van der Waals surface area contributed by atoms with Crippen molar-refractivity contribution in [1.82, 2.24) is 24.6 Å². The molecule has 4 heterocycles. The summed E-state index contributed by atoms with van der Waals surface area (Å²) in [4.78, 5) is 37.6. The number of nitrogens with zero attached hydrogens (tertiary/aromatic N) is 4. The van der Waals surface area contributed by atoms with Crippen LogP contribution in [0.3, 0.4) is 0 Å². The molecule has 7 nitrogen and oxygen atoms in total. The number of thiazole rings is 2. The van der Waals surface area contributed by atoms with E-state index in [-0.39, 0.29) is 35.7 Å². The molecule has 3 aromatic heterocycles. The second kappa shape index (κ2) is 8.76. The number of imidazole rings is 1. The third-order valence-electron chi connectivity index (χ3n) is 5.95. The summed E-state index contributed by atoms with van der Waals surface area (Å²) in [5.41, 5.74) is 0.783. The number of hydrogen-bond donors (Lipinski definition) is 1. The molecular formula is C23H20F3N5O2S2. The average molecular weight is 520 g/mol. The minimum absolute atomic E-state index is 0.214. The van der Waals surface area contributed by atoms with Crippen LogP contribution in [0.25, 0.3) is 16.2 Å². The molecule has 12 heteroatoms. The molecule has 1 aliphatic heterocycles. The fourth-order valence-corrected chi connectivity index (χ4v) is 5.78. The molecule has 0 radical (unpaired) electrons. The summed E-state index contributed by atoms with van der Waals surface area (Å²) < 4.78 is 41.3. The van der Waals surface area contributed by atoms with Crippen LogP contribution in [0.2, 0.25) is 0 Å². The van der Waals surface area contributed by atoms with Crippen molar-refractivity contribution >= 4 is 39.4 Å². The van der Waals surface area contributed by atoms with Crippen molar-refractivity contribution in [2.75, 3.05) is 13.1 Å². The van der Waals surface area contributed by atoms with Crippen molar-refractivity contribution in [2.45, 2.75) is 32.5 Å². The van der Waals surface area contributed by atoms with Crippen molar-refractivity contribution in [2.24, 2.45) is 0 Å². The van der Waals surface area contributed by atoms with Gasteiger partial charge in [0.25, 0.3) is 11.8 Å². The lowest BCUT2D eigenvalue weighted by atomic mass is 10.0. The first-order valence-electron chi connectivity index (χ1n) is 10.8. The molecule has 1 unspecified atom stereocenters. The van der Waals surface area contributed by atoms with Gasteiger partial charge in [-0.3, -0.25) is 14.0 Å². The fraction of sp³-hybridized carbons (Fsp3) is 0.304. The minimum Gasteiger partial charge on any atom is -0.349 e. The number of carbonyl (C=O) groups excluding carboxylic acids is 2. The van der Waals surface area contributed by atoms with Crippen LogP contribution < -0.4 is 5.32 Å². The number of aryl methyl sites for hydroxylation is 2. The average Bonchev–Trinajstić information content (AvgIpc) is 3.46. The third kappa shape index (κ3) is 4.31. The van der Waals surface area contributed by atoms with Crippen LogP contribution in [0.4, 0.5) is 13.2 Å². The Bertz CT molecular complexity index is 1440. The number of alkyl halides is 3. The molecule has 1 aliphatic rings. The Balaban J connectivity index is 1.32. The van der Waals surface area contributed by atoms with Crippen LogP contribution in [0, 0.1) is 13.8 Å². The van der Waals surface area contributed by atoms with Crippen LogP contribution in [-0.4, -0.2) is 50.2 Å². The van der Waals surface area contributed by atoms with Crippen molar-refractivity contribution < 1.29 is 22.8 Å². The Morgan fingerprint density at radius 2 is 2.03 bits per heavy atom. The third-order valence-corrected chi connectivity index (χ3v) is 7.66. The Kier molecular flexibility index (Phi) is 5.88. The lowest BCUT2D eigenvalue weighted by Gasteiger charge is -2.41. The summed E-state index contributed by atoms with van der Waals surface area (Å²) in [6.45, 7) is 4.25. The van der Waals surface area contributed by atoms with E-state index in [1.165, 1.54) is 23.5 Å². The number of halogens is 3. The molecule has 1 fully saturated rings. The summed E-state index contributed by atoms with van der Waals surface area (Å²) >= 11 is 2.59. The van der Waals surface area contributed by atoms with Gasteiger partial charge in [0, 0.05) is 30.2 Å². The largest absolute Gasteiger partial charge is 0.416 e. The maximum Gasteiger partial charge on any atom is 0.416 e. The Labute approximate surface area is 206 Å².